The molecule has 0 aliphatic rings. The Hall–Kier alpha value is -1.06. The van der Waals surface area contributed by atoms with E-state index in [0.717, 1.165) is 31.0 Å². The van der Waals surface area contributed by atoms with Crippen LogP contribution in [0.25, 0.3) is 0 Å². The van der Waals surface area contributed by atoms with E-state index in [1.54, 1.807) is 0 Å². The molecule has 0 aliphatic heterocycles. The van der Waals surface area contributed by atoms with Gasteiger partial charge in [-0.3, -0.25) is 4.90 Å². The van der Waals surface area contributed by atoms with Crippen molar-refractivity contribution in [3.05, 3.63) is 29.8 Å². The van der Waals surface area contributed by atoms with Gasteiger partial charge < -0.3 is 10.5 Å². The van der Waals surface area contributed by atoms with Crippen molar-refractivity contribution >= 4 is 0 Å². The summed E-state index contributed by atoms with van der Waals surface area (Å²) in [5.41, 5.74) is 6.72. The Labute approximate surface area is 111 Å². The molecule has 3 heteroatoms. The van der Waals surface area contributed by atoms with Crippen LogP contribution in [-0.4, -0.2) is 30.6 Å². The molecule has 0 radical (unpaired) electrons. The molecule has 0 bridgehead atoms. The molecule has 0 unspecified atom stereocenters. The summed E-state index contributed by atoms with van der Waals surface area (Å²) in [7, 11) is 0. The van der Waals surface area contributed by atoms with Gasteiger partial charge in [-0.2, -0.15) is 0 Å². The second kappa shape index (κ2) is 8.11. The van der Waals surface area contributed by atoms with Crippen molar-refractivity contribution in [2.75, 3.05) is 19.7 Å². The zero-order valence-electron chi connectivity index (χ0n) is 11.9. The number of hydrogen-bond donors (Lipinski definition) is 1. The van der Waals surface area contributed by atoms with Gasteiger partial charge in [-0.1, -0.05) is 19.1 Å². The summed E-state index contributed by atoms with van der Waals surface area (Å²) >= 11 is 0. The van der Waals surface area contributed by atoms with Crippen LogP contribution in [0.5, 0.6) is 5.75 Å². The second-order valence-electron chi connectivity index (χ2n) is 4.83. The third kappa shape index (κ3) is 5.07. The molecule has 0 atom stereocenters. The maximum Gasteiger partial charge on any atom is 0.119 e. The maximum absolute atomic E-state index is 5.78. The normalized spacial score (nSPS) is 11.2. The largest absolute Gasteiger partial charge is 0.492 e. The van der Waals surface area contributed by atoms with Gasteiger partial charge in [0.2, 0.25) is 0 Å². The van der Waals surface area contributed by atoms with Crippen molar-refractivity contribution in [3.63, 3.8) is 0 Å². The fourth-order valence-corrected chi connectivity index (χ4v) is 1.96. The molecule has 1 aromatic carbocycles. The first kappa shape index (κ1) is 15.0. The van der Waals surface area contributed by atoms with Crippen molar-refractivity contribution in [1.82, 2.24) is 4.90 Å². The van der Waals surface area contributed by atoms with Gasteiger partial charge in [0.05, 0.1) is 0 Å². The van der Waals surface area contributed by atoms with Crippen LogP contribution in [0, 0.1) is 0 Å². The van der Waals surface area contributed by atoms with Crippen LogP contribution in [0.15, 0.2) is 24.3 Å². The van der Waals surface area contributed by atoms with Crippen LogP contribution in [0.1, 0.15) is 32.8 Å². The molecule has 102 valence electrons. The van der Waals surface area contributed by atoms with E-state index in [1.807, 2.05) is 24.3 Å². The monoisotopic (exact) mass is 250 g/mol. The molecule has 0 aliphatic carbocycles. The summed E-state index contributed by atoms with van der Waals surface area (Å²) < 4.78 is 5.78. The molecule has 0 heterocycles. The molecule has 0 fully saturated rings. The lowest BCUT2D eigenvalue weighted by atomic mass is 10.2. The summed E-state index contributed by atoms with van der Waals surface area (Å²) in [6, 6.07) is 8.58. The number of nitrogens with two attached hydrogens (primary N) is 1. The summed E-state index contributed by atoms with van der Waals surface area (Å²) in [4.78, 5) is 2.44. The first-order chi connectivity index (χ1) is 8.67. The number of hydrogen-bond acceptors (Lipinski definition) is 3. The summed E-state index contributed by atoms with van der Waals surface area (Å²) in [5, 5.41) is 0. The molecule has 0 spiro atoms. The minimum atomic E-state index is 0.561. The van der Waals surface area contributed by atoms with Gasteiger partial charge in [-0.05, 0) is 44.5 Å². The van der Waals surface area contributed by atoms with E-state index in [2.05, 4.69) is 25.7 Å². The molecular weight excluding hydrogens is 224 g/mol. The van der Waals surface area contributed by atoms with Crippen LogP contribution in [-0.2, 0) is 6.54 Å². The summed E-state index contributed by atoms with van der Waals surface area (Å²) in [5.74, 6) is 0.915. The van der Waals surface area contributed by atoms with Crippen LogP contribution in [0.3, 0.4) is 0 Å². The van der Waals surface area contributed by atoms with Gasteiger partial charge >= 0.3 is 0 Å². The van der Waals surface area contributed by atoms with Gasteiger partial charge in [0.15, 0.2) is 0 Å². The lowest BCUT2D eigenvalue weighted by Crippen LogP contribution is -2.35. The zero-order valence-corrected chi connectivity index (χ0v) is 11.9. The molecule has 18 heavy (non-hydrogen) atoms. The fraction of sp³-hybridized carbons (Fsp3) is 0.600. The van der Waals surface area contributed by atoms with E-state index < -0.39 is 0 Å². The Morgan fingerprint density at radius 3 is 2.67 bits per heavy atom. The quantitative estimate of drug-likeness (QED) is 0.771. The minimum Gasteiger partial charge on any atom is -0.492 e. The van der Waals surface area contributed by atoms with E-state index in [0.29, 0.717) is 12.6 Å². The highest BCUT2D eigenvalue weighted by Crippen LogP contribution is 2.13. The van der Waals surface area contributed by atoms with Gasteiger partial charge in [0, 0.05) is 19.1 Å². The topological polar surface area (TPSA) is 38.5 Å². The van der Waals surface area contributed by atoms with Crippen LogP contribution >= 0.6 is 0 Å². The minimum absolute atomic E-state index is 0.561. The van der Waals surface area contributed by atoms with Crippen molar-refractivity contribution in [2.45, 2.75) is 39.8 Å². The molecule has 0 aromatic heterocycles. The Bertz CT molecular complexity index is 339. The van der Waals surface area contributed by atoms with Crippen molar-refractivity contribution < 1.29 is 4.74 Å². The zero-order chi connectivity index (χ0) is 13.4. The molecular formula is C15H26N2O. The lowest BCUT2D eigenvalue weighted by molar-refractivity contribution is 0.176. The third-order valence-electron chi connectivity index (χ3n) is 3.02. The molecule has 1 aromatic rings. The number of rotatable bonds is 8. The molecule has 0 amide bonds. The average molecular weight is 250 g/mol. The van der Waals surface area contributed by atoms with E-state index >= 15 is 0 Å². The first-order valence-electron chi connectivity index (χ1n) is 6.83. The Morgan fingerprint density at radius 1 is 1.28 bits per heavy atom. The van der Waals surface area contributed by atoms with Crippen LogP contribution in [0.4, 0.5) is 0 Å². The number of nitrogens with zero attached hydrogens (tertiary/aromatic N) is 1. The van der Waals surface area contributed by atoms with E-state index in [-0.39, 0.29) is 0 Å². The molecule has 0 saturated heterocycles. The van der Waals surface area contributed by atoms with Crippen molar-refractivity contribution in [3.8, 4) is 5.75 Å². The predicted molar refractivity (Wildman–Crippen MR) is 76.8 cm³/mol. The highest BCUT2D eigenvalue weighted by molar-refractivity contribution is 5.28. The van der Waals surface area contributed by atoms with E-state index in [9.17, 15) is 0 Å². The predicted octanol–water partition coefficient (Wildman–Crippen LogP) is 2.64. The highest BCUT2D eigenvalue weighted by atomic mass is 16.5. The van der Waals surface area contributed by atoms with Gasteiger partial charge in [0.1, 0.15) is 12.4 Å². The number of benzene rings is 1. The maximum atomic E-state index is 5.78. The Balaban J connectivity index is 2.39. The highest BCUT2D eigenvalue weighted by Gasteiger charge is 2.07. The van der Waals surface area contributed by atoms with Gasteiger partial charge in [-0.25, -0.2) is 0 Å². The second-order valence-corrected chi connectivity index (χ2v) is 4.83. The van der Waals surface area contributed by atoms with Crippen molar-refractivity contribution in [1.29, 1.82) is 0 Å². The van der Waals surface area contributed by atoms with E-state index in [4.69, 9.17) is 10.5 Å². The number of ether oxygens (including phenoxy) is 1. The SMILES string of the molecule is CCCN(CCOc1cccc(CN)c1)C(C)C. The van der Waals surface area contributed by atoms with Crippen LogP contribution in [0.2, 0.25) is 0 Å². The van der Waals surface area contributed by atoms with Gasteiger partial charge in [-0.15, -0.1) is 0 Å². The van der Waals surface area contributed by atoms with Gasteiger partial charge in [0.25, 0.3) is 0 Å². The fourth-order valence-electron chi connectivity index (χ4n) is 1.96. The third-order valence-corrected chi connectivity index (χ3v) is 3.02. The Kier molecular flexibility index (Phi) is 6.76. The summed E-state index contributed by atoms with van der Waals surface area (Å²) in [6.45, 7) is 10.1. The molecule has 0 saturated carbocycles. The van der Waals surface area contributed by atoms with E-state index in [1.165, 1.54) is 6.42 Å². The smallest absolute Gasteiger partial charge is 0.119 e. The lowest BCUT2D eigenvalue weighted by Gasteiger charge is -2.25. The molecule has 1 rings (SSSR count). The average Bonchev–Trinajstić information content (AvgIpc) is 2.38. The Morgan fingerprint density at radius 2 is 2.06 bits per heavy atom. The molecule has 3 nitrogen and oxygen atoms in total. The van der Waals surface area contributed by atoms with Crippen molar-refractivity contribution in [2.24, 2.45) is 5.73 Å². The standard InChI is InChI=1S/C15H26N2O/c1-4-8-17(13(2)3)9-10-18-15-7-5-6-14(11-15)12-16/h5-7,11,13H,4,8-10,12,16H2,1-3H3. The summed E-state index contributed by atoms with van der Waals surface area (Å²) in [6.07, 6.45) is 1.18. The van der Waals surface area contributed by atoms with Crippen LogP contribution < -0.4 is 10.5 Å². The molecule has 2 N–H and O–H groups in total. The first-order valence-corrected chi connectivity index (χ1v) is 6.83.